The van der Waals surface area contributed by atoms with Gasteiger partial charge in [-0.25, -0.2) is 4.98 Å². The Bertz CT molecular complexity index is 321. The molecule has 1 aromatic heterocycles. The molecule has 0 bridgehead atoms. The highest BCUT2D eigenvalue weighted by Crippen LogP contribution is 2.08. The molecule has 1 rings (SSSR count). The Morgan fingerprint density at radius 2 is 2.06 bits per heavy atom. The topological polar surface area (TPSA) is 55.0 Å². The summed E-state index contributed by atoms with van der Waals surface area (Å²) in [5, 5.41) is 0. The summed E-state index contributed by atoms with van der Waals surface area (Å²) in [5.74, 6) is 0.937. The van der Waals surface area contributed by atoms with Crippen molar-refractivity contribution in [1.29, 1.82) is 0 Å². The zero-order valence-electron chi connectivity index (χ0n) is 11.4. The average molecular weight is 251 g/mol. The minimum absolute atomic E-state index is 0.00241. The average Bonchev–Trinajstić information content (AvgIpc) is 2.79. The van der Waals surface area contributed by atoms with Crippen molar-refractivity contribution in [3.05, 3.63) is 18.2 Å². The van der Waals surface area contributed by atoms with Crippen LogP contribution >= 0.6 is 0 Å². The van der Waals surface area contributed by atoms with Crippen LogP contribution in [-0.2, 0) is 16.0 Å². The van der Waals surface area contributed by atoms with Crippen molar-refractivity contribution in [3.63, 3.8) is 0 Å². The van der Waals surface area contributed by atoms with E-state index in [1.54, 1.807) is 6.20 Å². The van der Waals surface area contributed by atoms with Gasteiger partial charge in [-0.1, -0.05) is 19.3 Å². The van der Waals surface area contributed by atoms with E-state index in [-0.39, 0.29) is 12.1 Å². The van der Waals surface area contributed by atoms with Crippen LogP contribution in [0.15, 0.2) is 6.20 Å². The van der Waals surface area contributed by atoms with E-state index in [0.29, 0.717) is 6.42 Å². The van der Waals surface area contributed by atoms with Crippen molar-refractivity contribution in [2.45, 2.75) is 64.9 Å². The second-order valence-electron chi connectivity index (χ2n) is 4.78. The summed E-state index contributed by atoms with van der Waals surface area (Å²) >= 11 is 0. The highest BCUT2D eigenvalue weighted by Gasteiger charge is 2.04. The van der Waals surface area contributed by atoms with Crippen molar-refractivity contribution in [2.75, 3.05) is 0 Å². The predicted octanol–water partition coefficient (Wildman–Crippen LogP) is 3.04. The molecule has 1 aromatic rings. The summed E-state index contributed by atoms with van der Waals surface area (Å²) in [6.07, 6.45) is 11.5. The van der Waals surface area contributed by atoms with Crippen LogP contribution in [0.1, 0.15) is 58.2 Å². The molecule has 1 heterocycles. The Morgan fingerprint density at radius 1 is 1.33 bits per heavy atom. The molecule has 18 heavy (non-hydrogen) atoms. The van der Waals surface area contributed by atoms with Gasteiger partial charge in [-0.2, -0.15) is 0 Å². The molecule has 0 unspecified atom stereocenters. The second-order valence-corrected chi connectivity index (χ2v) is 4.78. The molecule has 0 saturated heterocycles. The Kier molecular flexibility index (Phi) is 7.14. The number of imidazole rings is 1. The van der Waals surface area contributed by atoms with Crippen LogP contribution in [0.3, 0.4) is 0 Å². The van der Waals surface area contributed by atoms with Crippen LogP contribution in [0.5, 0.6) is 0 Å². The van der Waals surface area contributed by atoms with Gasteiger partial charge in [0.05, 0.1) is 6.10 Å². The van der Waals surface area contributed by atoms with Gasteiger partial charge in [0.15, 0.2) is 0 Å². The molecule has 0 fully saturated rings. The Morgan fingerprint density at radius 3 is 2.72 bits per heavy atom. The first-order valence-corrected chi connectivity index (χ1v) is 6.78. The lowest BCUT2D eigenvalue weighted by Gasteiger charge is -2.07. The summed E-state index contributed by atoms with van der Waals surface area (Å²) in [6.45, 7) is 3.76. The molecule has 0 saturated carbocycles. The Labute approximate surface area is 109 Å². The number of aromatic nitrogens is 2. The van der Waals surface area contributed by atoms with Crippen LogP contribution in [0, 0.1) is 6.20 Å². The van der Waals surface area contributed by atoms with Crippen LogP contribution in [-0.4, -0.2) is 22.0 Å². The number of carbonyl (C=O) groups excluding carboxylic acids is 1. The minimum atomic E-state index is -0.0730. The fraction of sp³-hybridized carbons (Fsp3) is 0.714. The summed E-state index contributed by atoms with van der Waals surface area (Å²) in [4.78, 5) is 18.4. The lowest BCUT2D eigenvalue weighted by atomic mass is 10.1. The molecular weight excluding hydrogens is 228 g/mol. The van der Waals surface area contributed by atoms with Crippen LogP contribution in [0.4, 0.5) is 0 Å². The third-order valence-corrected chi connectivity index (χ3v) is 2.66. The maximum Gasteiger partial charge on any atom is 0.306 e. The SMILES string of the molecule is CC(C)OC(=O)CCCCCCCc1n[c]c[nH]1. The maximum absolute atomic E-state index is 11.3. The van der Waals surface area contributed by atoms with Crippen LogP contribution in [0.25, 0.3) is 0 Å². The summed E-state index contributed by atoms with van der Waals surface area (Å²) in [7, 11) is 0. The number of carbonyl (C=O) groups is 1. The molecule has 0 amide bonds. The summed E-state index contributed by atoms with van der Waals surface area (Å²) in [6, 6.07) is 0. The first kappa shape index (κ1) is 14.7. The van der Waals surface area contributed by atoms with Gasteiger partial charge in [0, 0.05) is 19.0 Å². The maximum atomic E-state index is 11.3. The number of hydrogen-bond acceptors (Lipinski definition) is 3. The molecule has 4 heteroatoms. The molecule has 0 spiro atoms. The van der Waals surface area contributed by atoms with Gasteiger partial charge >= 0.3 is 5.97 Å². The number of ether oxygens (including phenoxy) is 1. The Hall–Kier alpha value is -1.32. The highest BCUT2D eigenvalue weighted by molar-refractivity contribution is 5.69. The molecule has 101 valence electrons. The van der Waals surface area contributed by atoms with Crippen molar-refractivity contribution in [1.82, 2.24) is 9.97 Å². The number of aromatic amines is 1. The van der Waals surface area contributed by atoms with E-state index in [1.165, 1.54) is 12.8 Å². The molecule has 0 aliphatic heterocycles. The van der Waals surface area contributed by atoms with E-state index >= 15 is 0 Å². The molecule has 0 aromatic carbocycles. The Balaban J connectivity index is 1.88. The summed E-state index contributed by atoms with van der Waals surface area (Å²) in [5.41, 5.74) is 0. The van der Waals surface area contributed by atoms with Crippen molar-refractivity contribution in [3.8, 4) is 0 Å². The smallest absolute Gasteiger partial charge is 0.306 e. The number of unbranched alkanes of at least 4 members (excludes halogenated alkanes) is 4. The molecule has 1 radical (unpaired) electrons. The summed E-state index contributed by atoms with van der Waals surface area (Å²) < 4.78 is 5.07. The minimum Gasteiger partial charge on any atom is -0.463 e. The fourth-order valence-electron chi connectivity index (χ4n) is 1.80. The van der Waals surface area contributed by atoms with Gasteiger partial charge in [0.1, 0.15) is 12.0 Å². The number of hydrogen-bond donors (Lipinski definition) is 1. The quantitative estimate of drug-likeness (QED) is 0.542. The predicted molar refractivity (Wildman–Crippen MR) is 70.1 cm³/mol. The number of H-pyrrole nitrogens is 1. The molecule has 4 nitrogen and oxygen atoms in total. The van der Waals surface area contributed by atoms with Gasteiger partial charge in [-0.3, -0.25) is 4.79 Å². The molecular formula is C14H23N2O2. The first-order valence-electron chi connectivity index (χ1n) is 6.78. The third kappa shape index (κ3) is 7.09. The standard InChI is InChI=1S/C14H23N2O2/c1-12(2)18-14(17)9-7-5-3-4-6-8-13-15-10-11-16-13/h10,12H,3-9H2,1-2H3,(H,15,16). The zero-order valence-corrected chi connectivity index (χ0v) is 11.4. The highest BCUT2D eigenvalue weighted by atomic mass is 16.5. The van der Waals surface area contributed by atoms with Gasteiger partial charge in [-0.15, -0.1) is 0 Å². The molecule has 0 atom stereocenters. The van der Waals surface area contributed by atoms with E-state index in [1.807, 2.05) is 13.8 Å². The van der Waals surface area contributed by atoms with Crippen LogP contribution in [0.2, 0.25) is 0 Å². The van der Waals surface area contributed by atoms with E-state index in [9.17, 15) is 4.79 Å². The van der Waals surface area contributed by atoms with E-state index < -0.39 is 0 Å². The largest absolute Gasteiger partial charge is 0.463 e. The van der Waals surface area contributed by atoms with E-state index in [2.05, 4.69) is 16.2 Å². The number of aryl methyl sites for hydroxylation is 1. The number of nitrogens with zero attached hydrogens (tertiary/aromatic N) is 1. The van der Waals surface area contributed by atoms with Gasteiger partial charge in [-0.05, 0) is 26.7 Å². The van der Waals surface area contributed by atoms with E-state index in [4.69, 9.17) is 4.74 Å². The van der Waals surface area contributed by atoms with E-state index in [0.717, 1.165) is 31.5 Å². The van der Waals surface area contributed by atoms with Crippen molar-refractivity contribution < 1.29 is 9.53 Å². The van der Waals surface area contributed by atoms with Gasteiger partial charge in [0.2, 0.25) is 0 Å². The zero-order chi connectivity index (χ0) is 13.2. The van der Waals surface area contributed by atoms with Crippen molar-refractivity contribution >= 4 is 5.97 Å². The molecule has 0 aliphatic rings. The third-order valence-electron chi connectivity index (χ3n) is 2.66. The molecule has 0 aliphatic carbocycles. The normalized spacial score (nSPS) is 10.8. The monoisotopic (exact) mass is 251 g/mol. The fourth-order valence-corrected chi connectivity index (χ4v) is 1.80. The molecule has 1 N–H and O–H groups in total. The van der Waals surface area contributed by atoms with Gasteiger partial charge < -0.3 is 9.72 Å². The number of nitrogens with one attached hydrogen (secondary N) is 1. The number of esters is 1. The lowest BCUT2D eigenvalue weighted by molar-refractivity contribution is -0.147. The van der Waals surface area contributed by atoms with Crippen LogP contribution < -0.4 is 0 Å². The number of rotatable bonds is 9. The second kappa shape index (κ2) is 8.72. The van der Waals surface area contributed by atoms with Crippen molar-refractivity contribution in [2.24, 2.45) is 0 Å². The van der Waals surface area contributed by atoms with Gasteiger partial charge in [0.25, 0.3) is 0 Å². The first-order chi connectivity index (χ1) is 8.68. The lowest BCUT2D eigenvalue weighted by Crippen LogP contribution is -2.10.